The summed E-state index contributed by atoms with van der Waals surface area (Å²) in [5.41, 5.74) is 1.92. The van der Waals surface area contributed by atoms with Crippen LogP contribution >= 0.6 is 0 Å². The molecule has 1 aromatic carbocycles. The second kappa shape index (κ2) is 8.27. The van der Waals surface area contributed by atoms with E-state index in [9.17, 15) is 4.79 Å². The first-order chi connectivity index (χ1) is 12.1. The number of carbonyl (C=O) groups is 1. The molecule has 6 nitrogen and oxygen atoms in total. The van der Waals surface area contributed by atoms with Crippen LogP contribution in [0.3, 0.4) is 0 Å². The molecule has 1 fully saturated rings. The number of amides is 1. The predicted molar refractivity (Wildman–Crippen MR) is 95.2 cm³/mol. The van der Waals surface area contributed by atoms with Crippen molar-refractivity contribution in [3.63, 3.8) is 0 Å². The molecule has 2 aromatic rings. The largest absolute Gasteiger partial charge is 0.381 e. The summed E-state index contributed by atoms with van der Waals surface area (Å²) in [5, 5.41) is 10.00. The molecule has 3 rings (SSSR count). The van der Waals surface area contributed by atoms with Crippen molar-refractivity contribution in [2.75, 3.05) is 18.5 Å². The Hall–Kier alpha value is -2.18. The van der Waals surface area contributed by atoms with Gasteiger partial charge in [0.15, 0.2) is 0 Å². The van der Waals surface area contributed by atoms with Gasteiger partial charge in [0.25, 0.3) is 0 Å². The van der Waals surface area contributed by atoms with E-state index in [4.69, 9.17) is 9.26 Å². The molecule has 1 aromatic heterocycles. The van der Waals surface area contributed by atoms with Gasteiger partial charge in [0.2, 0.25) is 11.8 Å². The summed E-state index contributed by atoms with van der Waals surface area (Å²) in [6.45, 7) is 5.30. The fourth-order valence-electron chi connectivity index (χ4n) is 3.12. The van der Waals surface area contributed by atoms with E-state index in [2.05, 4.69) is 27.9 Å². The second-order valence-corrected chi connectivity index (χ2v) is 6.64. The SMILES string of the molecule is Cc1cc(NC(=O)[C@H](C)N[C@@H](C[C@@H]2CCOC2)c2ccccc2)on1. The Kier molecular flexibility index (Phi) is 5.83. The lowest BCUT2D eigenvalue weighted by molar-refractivity contribution is -0.118. The lowest BCUT2D eigenvalue weighted by Crippen LogP contribution is -2.40. The van der Waals surface area contributed by atoms with Crippen molar-refractivity contribution in [1.82, 2.24) is 10.5 Å². The van der Waals surface area contributed by atoms with Crippen LogP contribution in [0, 0.1) is 12.8 Å². The molecule has 1 aliphatic heterocycles. The monoisotopic (exact) mass is 343 g/mol. The summed E-state index contributed by atoms with van der Waals surface area (Å²) in [7, 11) is 0. The van der Waals surface area contributed by atoms with Crippen molar-refractivity contribution >= 4 is 11.8 Å². The molecule has 1 aliphatic rings. The van der Waals surface area contributed by atoms with Gasteiger partial charge in [0.05, 0.1) is 11.7 Å². The number of carbonyl (C=O) groups excluding carboxylic acids is 1. The van der Waals surface area contributed by atoms with Crippen LogP contribution in [0.4, 0.5) is 5.88 Å². The molecule has 0 saturated carbocycles. The highest BCUT2D eigenvalue weighted by molar-refractivity contribution is 5.93. The van der Waals surface area contributed by atoms with E-state index in [-0.39, 0.29) is 18.0 Å². The van der Waals surface area contributed by atoms with Gasteiger partial charge < -0.3 is 9.26 Å². The fraction of sp³-hybridized carbons (Fsp3) is 0.474. The van der Waals surface area contributed by atoms with Gasteiger partial charge >= 0.3 is 0 Å². The molecule has 0 bridgehead atoms. The van der Waals surface area contributed by atoms with Crippen molar-refractivity contribution in [3.05, 3.63) is 47.7 Å². The third kappa shape index (κ3) is 4.90. The highest BCUT2D eigenvalue weighted by Gasteiger charge is 2.25. The zero-order valence-corrected chi connectivity index (χ0v) is 14.7. The van der Waals surface area contributed by atoms with E-state index in [1.807, 2.05) is 32.0 Å². The first-order valence-corrected chi connectivity index (χ1v) is 8.74. The lowest BCUT2D eigenvalue weighted by Gasteiger charge is -2.25. The molecule has 1 saturated heterocycles. The van der Waals surface area contributed by atoms with Gasteiger partial charge in [-0.1, -0.05) is 35.5 Å². The van der Waals surface area contributed by atoms with E-state index in [0.29, 0.717) is 11.8 Å². The van der Waals surface area contributed by atoms with Gasteiger partial charge in [-0.15, -0.1) is 0 Å². The van der Waals surface area contributed by atoms with Gasteiger partial charge in [0.1, 0.15) is 0 Å². The summed E-state index contributed by atoms with van der Waals surface area (Å²) in [6.07, 6.45) is 2.02. The first kappa shape index (κ1) is 17.6. The minimum atomic E-state index is -0.363. The molecule has 2 N–H and O–H groups in total. The molecule has 0 radical (unpaired) electrons. The number of rotatable bonds is 7. The molecule has 25 heavy (non-hydrogen) atoms. The van der Waals surface area contributed by atoms with Crippen molar-refractivity contribution in [2.45, 2.75) is 38.8 Å². The normalized spacial score (nSPS) is 19.5. The summed E-state index contributed by atoms with van der Waals surface area (Å²) >= 11 is 0. The summed E-state index contributed by atoms with van der Waals surface area (Å²) in [6, 6.07) is 11.7. The molecular formula is C19H25N3O3. The van der Waals surface area contributed by atoms with Crippen molar-refractivity contribution in [2.24, 2.45) is 5.92 Å². The lowest BCUT2D eigenvalue weighted by atomic mass is 9.93. The molecular weight excluding hydrogens is 318 g/mol. The minimum absolute atomic E-state index is 0.102. The number of aromatic nitrogens is 1. The van der Waals surface area contributed by atoms with Crippen molar-refractivity contribution in [3.8, 4) is 0 Å². The number of nitrogens with zero attached hydrogens (tertiary/aromatic N) is 1. The van der Waals surface area contributed by atoms with E-state index in [0.717, 1.165) is 31.7 Å². The minimum Gasteiger partial charge on any atom is -0.381 e. The molecule has 0 spiro atoms. The summed E-state index contributed by atoms with van der Waals surface area (Å²) in [5.74, 6) is 0.751. The molecule has 0 aliphatic carbocycles. The van der Waals surface area contributed by atoms with Crippen molar-refractivity contribution < 1.29 is 14.1 Å². The van der Waals surface area contributed by atoms with Gasteiger partial charge in [0, 0.05) is 25.3 Å². The van der Waals surface area contributed by atoms with Gasteiger partial charge in [-0.3, -0.25) is 15.4 Å². The number of aryl methyl sites for hydroxylation is 1. The Morgan fingerprint density at radius 3 is 2.80 bits per heavy atom. The Labute approximate surface area is 147 Å². The molecule has 0 unspecified atom stereocenters. The van der Waals surface area contributed by atoms with Crippen LogP contribution in [0.15, 0.2) is 40.9 Å². The quantitative estimate of drug-likeness (QED) is 0.808. The maximum absolute atomic E-state index is 12.4. The Morgan fingerprint density at radius 2 is 2.16 bits per heavy atom. The van der Waals surface area contributed by atoms with Crippen molar-refractivity contribution in [1.29, 1.82) is 0 Å². The van der Waals surface area contributed by atoms with Crippen LogP contribution in [0.25, 0.3) is 0 Å². The van der Waals surface area contributed by atoms with E-state index in [1.165, 1.54) is 5.56 Å². The third-order valence-corrected chi connectivity index (χ3v) is 4.51. The average molecular weight is 343 g/mol. The fourth-order valence-corrected chi connectivity index (χ4v) is 3.12. The van der Waals surface area contributed by atoms with Crippen LogP contribution in [0.2, 0.25) is 0 Å². The van der Waals surface area contributed by atoms with Gasteiger partial charge in [-0.2, -0.15) is 0 Å². The maximum atomic E-state index is 12.4. The number of anilines is 1. The van der Waals surface area contributed by atoms with E-state index < -0.39 is 0 Å². The molecule has 3 atom stereocenters. The zero-order chi connectivity index (χ0) is 17.6. The third-order valence-electron chi connectivity index (χ3n) is 4.51. The van der Waals surface area contributed by atoms with E-state index in [1.54, 1.807) is 6.07 Å². The molecule has 134 valence electrons. The first-order valence-electron chi connectivity index (χ1n) is 8.74. The van der Waals surface area contributed by atoms with Crippen LogP contribution in [-0.2, 0) is 9.53 Å². The van der Waals surface area contributed by atoms with Crippen LogP contribution in [0.5, 0.6) is 0 Å². The number of benzene rings is 1. The van der Waals surface area contributed by atoms with Crippen LogP contribution in [-0.4, -0.2) is 30.3 Å². The number of nitrogens with one attached hydrogen (secondary N) is 2. The molecule has 2 heterocycles. The zero-order valence-electron chi connectivity index (χ0n) is 14.7. The molecule has 6 heteroatoms. The van der Waals surface area contributed by atoms with Crippen LogP contribution in [0.1, 0.15) is 37.1 Å². The second-order valence-electron chi connectivity index (χ2n) is 6.64. The maximum Gasteiger partial charge on any atom is 0.243 e. The highest BCUT2D eigenvalue weighted by atomic mass is 16.5. The predicted octanol–water partition coefficient (Wildman–Crippen LogP) is 3.07. The average Bonchev–Trinajstić information content (AvgIpc) is 3.26. The summed E-state index contributed by atoms with van der Waals surface area (Å²) in [4.78, 5) is 12.4. The Bertz CT molecular complexity index is 680. The molecule has 1 amide bonds. The number of hydrogen-bond acceptors (Lipinski definition) is 5. The van der Waals surface area contributed by atoms with Gasteiger partial charge in [-0.05, 0) is 38.2 Å². The van der Waals surface area contributed by atoms with Gasteiger partial charge in [-0.25, -0.2) is 0 Å². The topological polar surface area (TPSA) is 76.4 Å². The number of hydrogen-bond donors (Lipinski definition) is 2. The standard InChI is InChI=1S/C19H25N3O3/c1-13-10-18(25-22-13)21-19(23)14(2)20-17(11-15-8-9-24-12-15)16-6-4-3-5-7-16/h3-7,10,14-15,17,20H,8-9,11-12H2,1-2H3,(H,21,23)/t14-,15-,17-/m0/s1. The Balaban J connectivity index is 1.64. The summed E-state index contributed by atoms with van der Waals surface area (Å²) < 4.78 is 10.6. The smallest absolute Gasteiger partial charge is 0.243 e. The number of ether oxygens (including phenoxy) is 1. The van der Waals surface area contributed by atoms with Crippen LogP contribution < -0.4 is 10.6 Å². The van der Waals surface area contributed by atoms with E-state index >= 15 is 0 Å². The Morgan fingerprint density at radius 1 is 1.36 bits per heavy atom. The highest BCUT2D eigenvalue weighted by Crippen LogP contribution is 2.27.